The SMILES string of the molecule is COCCn1c(Cc2ccccc2)nnc1SCC(=O)Nc1ccccc1C. The Kier molecular flexibility index (Phi) is 7.22. The number of benzene rings is 2. The van der Waals surface area contributed by atoms with Crippen molar-refractivity contribution in [2.45, 2.75) is 25.0 Å². The molecule has 0 spiro atoms. The molecule has 0 unspecified atom stereocenters. The van der Waals surface area contributed by atoms with E-state index in [0.29, 0.717) is 19.6 Å². The summed E-state index contributed by atoms with van der Waals surface area (Å²) in [6.45, 7) is 3.18. The van der Waals surface area contributed by atoms with Crippen LogP contribution in [0.2, 0.25) is 0 Å². The van der Waals surface area contributed by atoms with Gasteiger partial charge in [-0.15, -0.1) is 10.2 Å². The average molecular weight is 397 g/mol. The van der Waals surface area contributed by atoms with E-state index in [1.807, 2.05) is 54.0 Å². The summed E-state index contributed by atoms with van der Waals surface area (Å²) >= 11 is 1.38. The van der Waals surface area contributed by atoms with Crippen molar-refractivity contribution in [1.82, 2.24) is 14.8 Å². The van der Waals surface area contributed by atoms with Crippen LogP contribution >= 0.6 is 11.8 Å². The van der Waals surface area contributed by atoms with Gasteiger partial charge in [0.15, 0.2) is 5.16 Å². The summed E-state index contributed by atoms with van der Waals surface area (Å²) in [7, 11) is 1.67. The molecule has 3 rings (SSSR count). The minimum absolute atomic E-state index is 0.0646. The van der Waals surface area contributed by atoms with Crippen molar-refractivity contribution in [2.24, 2.45) is 0 Å². The number of para-hydroxylation sites is 1. The molecule has 0 aliphatic rings. The Morgan fingerprint density at radius 1 is 1.11 bits per heavy atom. The topological polar surface area (TPSA) is 69.0 Å². The quantitative estimate of drug-likeness (QED) is 0.560. The van der Waals surface area contributed by atoms with Crippen LogP contribution in [0.15, 0.2) is 59.8 Å². The molecule has 0 saturated heterocycles. The summed E-state index contributed by atoms with van der Waals surface area (Å²) in [5.41, 5.74) is 3.04. The summed E-state index contributed by atoms with van der Waals surface area (Å²) in [5, 5.41) is 12.3. The Hall–Kier alpha value is -2.64. The summed E-state index contributed by atoms with van der Waals surface area (Å²) in [4.78, 5) is 12.3. The standard InChI is InChI=1S/C21H24N4O2S/c1-16-8-6-7-11-18(16)22-20(26)15-28-21-24-23-19(25(21)12-13-27-2)14-17-9-4-3-5-10-17/h3-11H,12-15H2,1-2H3,(H,22,26). The lowest BCUT2D eigenvalue weighted by Gasteiger charge is -2.10. The van der Waals surface area contributed by atoms with Crippen molar-refractivity contribution < 1.29 is 9.53 Å². The minimum Gasteiger partial charge on any atom is -0.383 e. The molecule has 7 heteroatoms. The third-order valence-corrected chi connectivity index (χ3v) is 5.24. The van der Waals surface area contributed by atoms with Crippen LogP contribution < -0.4 is 5.32 Å². The minimum atomic E-state index is -0.0646. The number of carbonyl (C=O) groups is 1. The summed E-state index contributed by atoms with van der Waals surface area (Å²) in [6.07, 6.45) is 0.688. The normalized spacial score (nSPS) is 10.8. The third kappa shape index (κ3) is 5.43. The maximum absolute atomic E-state index is 12.3. The highest BCUT2D eigenvalue weighted by Gasteiger charge is 2.15. The Bertz CT molecular complexity index is 912. The fourth-order valence-corrected chi connectivity index (χ4v) is 3.56. The van der Waals surface area contributed by atoms with E-state index in [1.165, 1.54) is 17.3 Å². The molecular weight excluding hydrogens is 372 g/mol. The number of hydrogen-bond donors (Lipinski definition) is 1. The van der Waals surface area contributed by atoms with E-state index in [4.69, 9.17) is 4.74 Å². The van der Waals surface area contributed by atoms with E-state index in [2.05, 4.69) is 27.6 Å². The molecule has 3 aromatic rings. The van der Waals surface area contributed by atoms with E-state index in [0.717, 1.165) is 22.2 Å². The van der Waals surface area contributed by atoms with Gasteiger partial charge in [0.2, 0.25) is 5.91 Å². The molecule has 146 valence electrons. The van der Waals surface area contributed by atoms with Gasteiger partial charge in [0.1, 0.15) is 5.82 Å². The highest BCUT2D eigenvalue weighted by molar-refractivity contribution is 7.99. The number of aryl methyl sites for hydroxylation is 1. The highest BCUT2D eigenvalue weighted by atomic mass is 32.2. The van der Waals surface area contributed by atoms with Gasteiger partial charge in [-0.05, 0) is 24.1 Å². The van der Waals surface area contributed by atoms with Gasteiger partial charge in [-0.25, -0.2) is 0 Å². The fourth-order valence-electron chi connectivity index (χ4n) is 2.77. The van der Waals surface area contributed by atoms with E-state index >= 15 is 0 Å². The number of nitrogens with zero attached hydrogens (tertiary/aromatic N) is 3. The van der Waals surface area contributed by atoms with E-state index < -0.39 is 0 Å². The lowest BCUT2D eigenvalue weighted by molar-refractivity contribution is -0.113. The van der Waals surface area contributed by atoms with Crippen LogP contribution in [-0.4, -0.2) is 40.1 Å². The van der Waals surface area contributed by atoms with Crippen LogP contribution in [-0.2, 0) is 22.5 Å². The number of amides is 1. The van der Waals surface area contributed by atoms with Crippen molar-refractivity contribution >= 4 is 23.4 Å². The van der Waals surface area contributed by atoms with Crippen LogP contribution in [0.3, 0.4) is 0 Å². The first-order valence-electron chi connectivity index (χ1n) is 9.10. The summed E-state index contributed by atoms with van der Waals surface area (Å²) in [6, 6.07) is 17.9. The van der Waals surface area contributed by atoms with Crippen molar-refractivity contribution in [3.8, 4) is 0 Å². The fraction of sp³-hybridized carbons (Fsp3) is 0.286. The second-order valence-corrected chi connectivity index (χ2v) is 7.30. The first kappa shape index (κ1) is 20.1. The number of aromatic nitrogens is 3. The Balaban J connectivity index is 1.67. The number of methoxy groups -OCH3 is 1. The zero-order valence-corrected chi connectivity index (χ0v) is 16.9. The number of thioether (sulfide) groups is 1. The lowest BCUT2D eigenvalue weighted by atomic mass is 10.1. The first-order chi connectivity index (χ1) is 13.7. The molecular formula is C21H24N4O2S. The number of carbonyl (C=O) groups excluding carboxylic acids is 1. The molecule has 1 N–H and O–H groups in total. The van der Waals surface area contributed by atoms with Gasteiger partial charge >= 0.3 is 0 Å². The Morgan fingerprint density at radius 3 is 2.61 bits per heavy atom. The van der Waals surface area contributed by atoms with Gasteiger partial charge in [-0.2, -0.15) is 0 Å². The molecule has 0 aliphatic heterocycles. The first-order valence-corrected chi connectivity index (χ1v) is 10.1. The predicted molar refractivity (Wildman–Crippen MR) is 112 cm³/mol. The van der Waals surface area contributed by atoms with Gasteiger partial charge in [0.25, 0.3) is 0 Å². The van der Waals surface area contributed by atoms with E-state index in [1.54, 1.807) is 7.11 Å². The monoisotopic (exact) mass is 396 g/mol. The summed E-state index contributed by atoms with van der Waals surface area (Å²) in [5.74, 6) is 1.07. The number of hydrogen-bond acceptors (Lipinski definition) is 5. The molecule has 28 heavy (non-hydrogen) atoms. The summed E-state index contributed by atoms with van der Waals surface area (Å²) < 4.78 is 7.26. The molecule has 1 aromatic heterocycles. The molecule has 0 bridgehead atoms. The van der Waals surface area contributed by atoms with E-state index in [9.17, 15) is 4.79 Å². The van der Waals surface area contributed by atoms with Gasteiger partial charge in [0, 0.05) is 25.8 Å². The maximum atomic E-state index is 12.3. The maximum Gasteiger partial charge on any atom is 0.234 e. The number of ether oxygens (including phenoxy) is 1. The van der Waals surface area contributed by atoms with Crippen LogP contribution in [0, 0.1) is 6.92 Å². The molecule has 0 atom stereocenters. The van der Waals surface area contributed by atoms with E-state index in [-0.39, 0.29) is 11.7 Å². The highest BCUT2D eigenvalue weighted by Crippen LogP contribution is 2.20. The Labute approximate surface area is 169 Å². The predicted octanol–water partition coefficient (Wildman–Crippen LogP) is 3.55. The van der Waals surface area contributed by atoms with Crippen molar-refractivity contribution in [3.63, 3.8) is 0 Å². The molecule has 0 saturated carbocycles. The van der Waals surface area contributed by atoms with Gasteiger partial charge in [-0.1, -0.05) is 60.3 Å². The van der Waals surface area contributed by atoms with Crippen LogP contribution in [0.1, 0.15) is 17.0 Å². The largest absolute Gasteiger partial charge is 0.383 e. The van der Waals surface area contributed by atoms with Crippen molar-refractivity contribution in [1.29, 1.82) is 0 Å². The molecule has 1 amide bonds. The van der Waals surface area contributed by atoms with Crippen LogP contribution in [0.4, 0.5) is 5.69 Å². The van der Waals surface area contributed by atoms with Gasteiger partial charge in [0.05, 0.1) is 12.4 Å². The molecule has 2 aromatic carbocycles. The smallest absolute Gasteiger partial charge is 0.234 e. The van der Waals surface area contributed by atoms with Crippen LogP contribution in [0.5, 0.6) is 0 Å². The van der Waals surface area contributed by atoms with Crippen molar-refractivity contribution in [2.75, 3.05) is 24.8 Å². The zero-order valence-electron chi connectivity index (χ0n) is 16.1. The number of nitrogens with one attached hydrogen (secondary N) is 1. The second-order valence-electron chi connectivity index (χ2n) is 6.36. The second kappa shape index (κ2) is 10.1. The number of anilines is 1. The number of rotatable bonds is 9. The lowest BCUT2D eigenvalue weighted by Crippen LogP contribution is -2.16. The van der Waals surface area contributed by atoms with Crippen LogP contribution in [0.25, 0.3) is 0 Å². The van der Waals surface area contributed by atoms with Gasteiger partial charge in [-0.3, -0.25) is 4.79 Å². The average Bonchev–Trinajstić information content (AvgIpc) is 3.08. The molecule has 6 nitrogen and oxygen atoms in total. The zero-order chi connectivity index (χ0) is 19.8. The molecule has 0 radical (unpaired) electrons. The molecule has 0 aliphatic carbocycles. The van der Waals surface area contributed by atoms with Crippen molar-refractivity contribution in [3.05, 3.63) is 71.5 Å². The Morgan fingerprint density at radius 2 is 1.86 bits per heavy atom. The van der Waals surface area contributed by atoms with Gasteiger partial charge < -0.3 is 14.6 Å². The third-order valence-electron chi connectivity index (χ3n) is 4.27. The molecule has 0 fully saturated rings. The molecule has 1 heterocycles.